The van der Waals surface area contributed by atoms with Gasteiger partial charge in [0.25, 0.3) is 0 Å². The van der Waals surface area contributed by atoms with Gasteiger partial charge < -0.3 is 4.74 Å². The van der Waals surface area contributed by atoms with Crippen molar-refractivity contribution < 1.29 is 14.3 Å². The number of hydrogen-bond acceptors (Lipinski definition) is 3. The van der Waals surface area contributed by atoms with Gasteiger partial charge in [0.2, 0.25) is 0 Å². The van der Waals surface area contributed by atoms with Gasteiger partial charge in [-0.2, -0.15) is 0 Å². The van der Waals surface area contributed by atoms with E-state index >= 15 is 0 Å². The van der Waals surface area contributed by atoms with E-state index in [1.165, 1.54) is 23.8 Å². The van der Waals surface area contributed by atoms with E-state index < -0.39 is 0 Å². The highest BCUT2D eigenvalue weighted by Crippen LogP contribution is 2.22. The second-order valence-electron chi connectivity index (χ2n) is 8.21. The molecule has 31 heavy (non-hydrogen) atoms. The summed E-state index contributed by atoms with van der Waals surface area (Å²) in [5, 5.41) is 2.39. The second kappa shape index (κ2) is 10.9. The Morgan fingerprint density at radius 2 is 1.35 bits per heavy atom. The molecule has 0 aliphatic rings. The van der Waals surface area contributed by atoms with Crippen molar-refractivity contribution >= 4 is 22.5 Å². The summed E-state index contributed by atoms with van der Waals surface area (Å²) in [7, 11) is 0. The summed E-state index contributed by atoms with van der Waals surface area (Å²) >= 11 is 0. The van der Waals surface area contributed by atoms with E-state index in [0.29, 0.717) is 12.0 Å². The molecule has 0 amide bonds. The lowest BCUT2D eigenvalue weighted by molar-refractivity contribution is -0.144. The summed E-state index contributed by atoms with van der Waals surface area (Å²) in [5.41, 5.74) is 3.89. The van der Waals surface area contributed by atoms with Crippen LogP contribution in [-0.4, -0.2) is 11.8 Å². The highest BCUT2D eigenvalue weighted by Gasteiger charge is 2.09. The number of carbonyl (C=O) groups is 2. The van der Waals surface area contributed by atoms with Crippen LogP contribution in [0.3, 0.4) is 0 Å². The number of rotatable bonds is 10. The first-order valence-corrected chi connectivity index (χ1v) is 11.3. The van der Waals surface area contributed by atoms with Crippen molar-refractivity contribution in [2.75, 3.05) is 0 Å². The van der Waals surface area contributed by atoms with Crippen LogP contribution in [0.5, 0.6) is 0 Å². The van der Waals surface area contributed by atoms with Gasteiger partial charge in [0.1, 0.15) is 6.61 Å². The largest absolute Gasteiger partial charge is 0.461 e. The van der Waals surface area contributed by atoms with Crippen LogP contribution in [0.25, 0.3) is 10.8 Å². The summed E-state index contributed by atoms with van der Waals surface area (Å²) in [6, 6.07) is 20.1. The highest BCUT2D eigenvalue weighted by molar-refractivity contribution is 5.95. The van der Waals surface area contributed by atoms with Gasteiger partial charge in [-0.3, -0.25) is 9.59 Å². The molecule has 3 aromatic rings. The lowest BCUT2D eigenvalue weighted by atomic mass is 9.93. The van der Waals surface area contributed by atoms with E-state index in [9.17, 15) is 9.59 Å². The third-order valence-corrected chi connectivity index (χ3v) is 5.99. The Morgan fingerprint density at radius 1 is 0.774 bits per heavy atom. The number of fused-ring (bicyclic) bond motifs is 1. The zero-order valence-corrected chi connectivity index (χ0v) is 18.8. The minimum Gasteiger partial charge on any atom is -0.461 e. The van der Waals surface area contributed by atoms with Gasteiger partial charge in [-0.15, -0.1) is 0 Å². The fourth-order valence-electron chi connectivity index (χ4n) is 3.87. The Bertz CT molecular complexity index is 1030. The van der Waals surface area contributed by atoms with Crippen molar-refractivity contribution in [3.8, 4) is 0 Å². The second-order valence-corrected chi connectivity index (χ2v) is 8.21. The van der Waals surface area contributed by atoms with Crippen molar-refractivity contribution in [1.29, 1.82) is 0 Å². The summed E-state index contributed by atoms with van der Waals surface area (Å²) < 4.78 is 5.48. The SMILES string of the molecule is CCC(=O)c1ccc(CC(=O)OCc2ccc3cc(CC(CC)CC)ccc3c2)cc1. The average molecular weight is 417 g/mol. The molecule has 0 fully saturated rings. The predicted molar refractivity (Wildman–Crippen MR) is 126 cm³/mol. The first-order valence-electron chi connectivity index (χ1n) is 11.3. The maximum absolute atomic E-state index is 12.2. The van der Waals surface area contributed by atoms with E-state index in [0.717, 1.165) is 28.9 Å². The van der Waals surface area contributed by atoms with Gasteiger partial charge in [0.15, 0.2) is 5.78 Å². The maximum Gasteiger partial charge on any atom is 0.310 e. The summed E-state index contributed by atoms with van der Waals surface area (Å²) in [6.07, 6.45) is 4.22. The number of hydrogen-bond donors (Lipinski definition) is 0. The van der Waals surface area contributed by atoms with Crippen molar-refractivity contribution in [2.45, 2.75) is 59.5 Å². The quantitative estimate of drug-likeness (QED) is 0.273. The van der Waals surface area contributed by atoms with Crippen LogP contribution in [0.4, 0.5) is 0 Å². The van der Waals surface area contributed by atoms with Crippen molar-refractivity contribution in [1.82, 2.24) is 0 Å². The molecule has 0 saturated heterocycles. The zero-order chi connectivity index (χ0) is 22.2. The number of ketones is 1. The molecule has 3 heteroatoms. The Balaban J connectivity index is 1.57. The molecule has 3 aromatic carbocycles. The van der Waals surface area contributed by atoms with Crippen molar-refractivity contribution in [3.05, 3.63) is 82.9 Å². The molecule has 0 N–H and O–H groups in total. The van der Waals surface area contributed by atoms with Crippen molar-refractivity contribution in [3.63, 3.8) is 0 Å². The van der Waals surface area contributed by atoms with Crippen LogP contribution in [0.2, 0.25) is 0 Å². The number of benzene rings is 3. The first kappa shape index (κ1) is 22.7. The summed E-state index contributed by atoms with van der Waals surface area (Å²) in [6.45, 7) is 6.61. The molecule has 3 rings (SSSR count). The Morgan fingerprint density at radius 3 is 1.97 bits per heavy atom. The van der Waals surface area contributed by atoms with E-state index in [2.05, 4.69) is 44.2 Å². The van der Waals surface area contributed by atoms with E-state index in [1.54, 1.807) is 12.1 Å². The number of ether oxygens (including phenoxy) is 1. The molecular formula is C28H32O3. The molecule has 0 aromatic heterocycles. The fraction of sp³-hybridized carbons (Fsp3) is 0.357. The number of Topliss-reactive ketones (excluding diaryl/α,β-unsaturated/α-hetero) is 1. The van der Waals surface area contributed by atoms with Crippen LogP contribution in [0.1, 0.15) is 67.1 Å². The third kappa shape index (κ3) is 6.27. The Kier molecular flexibility index (Phi) is 8.00. The van der Waals surface area contributed by atoms with Gasteiger partial charge in [0, 0.05) is 12.0 Å². The van der Waals surface area contributed by atoms with Crippen LogP contribution in [0, 0.1) is 5.92 Å². The average Bonchev–Trinajstić information content (AvgIpc) is 2.81. The first-order chi connectivity index (χ1) is 15.0. The maximum atomic E-state index is 12.2. The van der Waals surface area contributed by atoms with E-state index in [4.69, 9.17) is 4.74 Å². The molecule has 0 heterocycles. The van der Waals surface area contributed by atoms with Crippen LogP contribution >= 0.6 is 0 Å². The molecule has 0 bridgehead atoms. The smallest absolute Gasteiger partial charge is 0.310 e. The van der Waals surface area contributed by atoms with Gasteiger partial charge in [-0.05, 0) is 45.9 Å². The molecule has 0 unspecified atom stereocenters. The minimum absolute atomic E-state index is 0.105. The van der Waals surface area contributed by atoms with Gasteiger partial charge in [-0.25, -0.2) is 0 Å². The number of carbonyl (C=O) groups excluding carboxylic acids is 2. The zero-order valence-electron chi connectivity index (χ0n) is 18.8. The molecule has 162 valence electrons. The van der Waals surface area contributed by atoms with Crippen molar-refractivity contribution in [2.24, 2.45) is 5.92 Å². The fourth-order valence-corrected chi connectivity index (χ4v) is 3.87. The monoisotopic (exact) mass is 416 g/mol. The standard InChI is InChI=1S/C28H32O3/c1-4-20(5-2)15-22-9-13-26-17-23(10-14-25(26)16-22)19-31-28(30)18-21-7-11-24(12-8-21)27(29)6-3/h7-14,16-17,20H,4-6,15,18-19H2,1-3H3. The molecular weight excluding hydrogens is 384 g/mol. The minimum atomic E-state index is -0.268. The lowest BCUT2D eigenvalue weighted by Gasteiger charge is -2.13. The number of esters is 1. The Labute approximate surface area is 185 Å². The van der Waals surface area contributed by atoms with Gasteiger partial charge in [0.05, 0.1) is 6.42 Å². The highest BCUT2D eigenvalue weighted by atomic mass is 16.5. The van der Waals surface area contributed by atoms with Crippen LogP contribution in [-0.2, 0) is 29.0 Å². The molecule has 0 atom stereocenters. The van der Waals surface area contributed by atoms with E-state index in [1.807, 2.05) is 25.1 Å². The lowest BCUT2D eigenvalue weighted by Crippen LogP contribution is -2.08. The van der Waals surface area contributed by atoms with Gasteiger partial charge in [-0.1, -0.05) is 88.2 Å². The predicted octanol–water partition coefficient (Wildman–Crippen LogP) is 6.70. The summed E-state index contributed by atoms with van der Waals surface area (Å²) in [4.78, 5) is 23.9. The van der Waals surface area contributed by atoms with Gasteiger partial charge >= 0.3 is 5.97 Å². The van der Waals surface area contributed by atoms with Crippen LogP contribution < -0.4 is 0 Å². The Hall–Kier alpha value is -2.94. The summed E-state index contributed by atoms with van der Waals surface area (Å²) in [5.74, 6) is 0.572. The van der Waals surface area contributed by atoms with E-state index in [-0.39, 0.29) is 24.8 Å². The third-order valence-electron chi connectivity index (χ3n) is 5.99. The molecule has 0 spiro atoms. The topological polar surface area (TPSA) is 43.4 Å². The van der Waals surface area contributed by atoms with Crippen LogP contribution in [0.15, 0.2) is 60.7 Å². The molecule has 0 saturated carbocycles. The molecule has 0 aliphatic heterocycles. The molecule has 0 aliphatic carbocycles. The molecule has 0 radical (unpaired) electrons. The normalized spacial score (nSPS) is 11.1. The molecule has 3 nitrogen and oxygen atoms in total.